The maximum Gasteiger partial charge on any atom is 0.191 e. The molecule has 0 heterocycles. The molecule has 0 saturated heterocycles. The van der Waals surface area contributed by atoms with Gasteiger partial charge < -0.3 is 10.6 Å². The molecule has 1 fully saturated rings. The molecule has 7 heteroatoms. The van der Waals surface area contributed by atoms with Crippen LogP contribution in [0.5, 0.6) is 0 Å². The summed E-state index contributed by atoms with van der Waals surface area (Å²) in [7, 11) is -2.91. The highest BCUT2D eigenvalue weighted by molar-refractivity contribution is 14.0. The van der Waals surface area contributed by atoms with E-state index in [4.69, 9.17) is 4.99 Å². The van der Waals surface area contributed by atoms with Gasteiger partial charge in [0.2, 0.25) is 0 Å². The topological polar surface area (TPSA) is 70.6 Å². The molecule has 0 aromatic carbocycles. The third kappa shape index (κ3) is 9.44. The summed E-state index contributed by atoms with van der Waals surface area (Å²) >= 11 is 0. The maximum atomic E-state index is 11.3. The van der Waals surface area contributed by atoms with Gasteiger partial charge in [0.25, 0.3) is 0 Å². The predicted molar refractivity (Wildman–Crippen MR) is 114 cm³/mol. The molecule has 1 rings (SSSR count). The molecule has 0 aromatic rings. The van der Waals surface area contributed by atoms with Crippen molar-refractivity contribution in [3.63, 3.8) is 0 Å². The van der Waals surface area contributed by atoms with Crippen LogP contribution in [0.1, 0.15) is 59.8 Å². The first-order valence-electron chi connectivity index (χ1n) is 8.86. The lowest BCUT2D eigenvalue weighted by atomic mass is 9.78. The first kappa shape index (κ1) is 23.9. The zero-order valence-electron chi connectivity index (χ0n) is 15.9. The minimum Gasteiger partial charge on any atom is -0.357 e. The van der Waals surface area contributed by atoms with Crippen molar-refractivity contribution in [1.82, 2.24) is 10.6 Å². The highest BCUT2D eigenvalue weighted by Gasteiger charge is 2.31. The molecule has 0 aliphatic heterocycles. The number of halogens is 1. The summed E-state index contributed by atoms with van der Waals surface area (Å²) in [4.78, 5) is 4.76. The number of nitrogens with zero attached hydrogens (tertiary/aromatic N) is 1. The number of hydrogen-bond donors (Lipinski definition) is 2. The van der Waals surface area contributed by atoms with Gasteiger partial charge >= 0.3 is 0 Å². The minimum absolute atomic E-state index is 0. The molecule has 24 heavy (non-hydrogen) atoms. The van der Waals surface area contributed by atoms with Crippen molar-refractivity contribution in [3.8, 4) is 0 Å². The van der Waals surface area contributed by atoms with Gasteiger partial charge in [-0.05, 0) is 44.4 Å². The summed E-state index contributed by atoms with van der Waals surface area (Å²) in [5.41, 5.74) is 0.217. The van der Waals surface area contributed by atoms with Crippen LogP contribution in [0.2, 0.25) is 0 Å². The smallest absolute Gasteiger partial charge is 0.191 e. The van der Waals surface area contributed by atoms with Crippen LogP contribution in [0.3, 0.4) is 0 Å². The predicted octanol–water partition coefficient (Wildman–Crippen LogP) is 3.20. The van der Waals surface area contributed by atoms with Crippen molar-refractivity contribution in [1.29, 1.82) is 0 Å². The number of hydrogen-bond acceptors (Lipinski definition) is 3. The van der Waals surface area contributed by atoms with E-state index in [1.165, 1.54) is 31.9 Å². The molecule has 1 unspecified atom stereocenters. The van der Waals surface area contributed by atoms with E-state index in [0.717, 1.165) is 25.0 Å². The van der Waals surface area contributed by atoms with E-state index in [2.05, 4.69) is 24.5 Å². The Kier molecular flexibility index (Phi) is 10.8. The first-order valence-corrected chi connectivity index (χ1v) is 10.9. The van der Waals surface area contributed by atoms with E-state index in [-0.39, 0.29) is 41.2 Å². The first-order chi connectivity index (χ1) is 10.6. The Labute approximate surface area is 165 Å². The number of guanidine groups is 1. The lowest BCUT2D eigenvalue weighted by Crippen LogP contribution is -2.43. The molecule has 0 spiro atoms. The summed E-state index contributed by atoms with van der Waals surface area (Å²) in [5, 5.41) is 6.59. The zero-order valence-corrected chi connectivity index (χ0v) is 19.0. The van der Waals surface area contributed by atoms with E-state index in [1.54, 1.807) is 0 Å². The molecule has 0 amide bonds. The number of rotatable bonds is 8. The maximum absolute atomic E-state index is 11.3. The fourth-order valence-electron chi connectivity index (χ4n) is 3.14. The van der Waals surface area contributed by atoms with Gasteiger partial charge in [-0.1, -0.05) is 26.7 Å². The van der Waals surface area contributed by atoms with Gasteiger partial charge in [-0.3, -0.25) is 4.99 Å². The van der Waals surface area contributed by atoms with E-state index < -0.39 is 9.84 Å². The van der Waals surface area contributed by atoms with Crippen molar-refractivity contribution in [2.45, 2.75) is 65.8 Å². The van der Waals surface area contributed by atoms with Gasteiger partial charge in [-0.15, -0.1) is 24.0 Å². The summed E-state index contributed by atoms with van der Waals surface area (Å²) in [6, 6.07) is 0.0807. The van der Waals surface area contributed by atoms with E-state index in [0.29, 0.717) is 6.42 Å². The minimum atomic E-state index is -2.91. The highest BCUT2D eigenvalue weighted by atomic mass is 127. The summed E-state index contributed by atoms with van der Waals surface area (Å²) in [5.74, 6) is 1.75. The van der Waals surface area contributed by atoms with Gasteiger partial charge in [0.15, 0.2) is 5.96 Å². The number of nitrogens with one attached hydrogen (secondary N) is 2. The molecular formula is C17H36IN3O2S. The fourth-order valence-corrected chi connectivity index (χ4v) is 3.92. The monoisotopic (exact) mass is 473 g/mol. The zero-order chi connectivity index (χ0) is 17.5. The standard InChI is InChI=1S/C17H35N3O2S.HI/c1-6-18-16(20-14(2)11-12-23(5,21)22)19-13-17(3,4)15-9-7-8-10-15;/h14-15H,6-13H2,1-5H3,(H2,18,19,20);1H. The second-order valence-electron chi connectivity index (χ2n) is 7.63. The molecule has 1 atom stereocenters. The molecule has 0 bridgehead atoms. The van der Waals surface area contributed by atoms with Crippen molar-refractivity contribution >= 4 is 39.8 Å². The quantitative estimate of drug-likeness (QED) is 0.323. The molecule has 1 saturated carbocycles. The average Bonchev–Trinajstić information content (AvgIpc) is 2.97. The van der Waals surface area contributed by atoms with Gasteiger partial charge in [-0.2, -0.15) is 0 Å². The molecule has 1 aliphatic rings. The van der Waals surface area contributed by atoms with E-state index in [9.17, 15) is 8.42 Å². The Morgan fingerprint density at radius 3 is 2.38 bits per heavy atom. The van der Waals surface area contributed by atoms with Crippen molar-refractivity contribution in [2.75, 3.05) is 25.1 Å². The Hall–Kier alpha value is -0.0500. The van der Waals surface area contributed by atoms with Crippen LogP contribution in [-0.4, -0.2) is 45.5 Å². The Morgan fingerprint density at radius 1 is 1.29 bits per heavy atom. The fraction of sp³-hybridized carbons (Fsp3) is 0.941. The molecule has 144 valence electrons. The SMILES string of the molecule is CCNC(=NCC(C)(C)C1CCCC1)NC(C)CCS(C)(=O)=O.I. The van der Waals surface area contributed by atoms with Gasteiger partial charge in [0, 0.05) is 25.4 Å². The summed E-state index contributed by atoms with van der Waals surface area (Å²) in [6.45, 7) is 10.3. The third-order valence-corrected chi connectivity index (χ3v) is 5.73. The summed E-state index contributed by atoms with van der Waals surface area (Å²) < 4.78 is 22.6. The van der Waals surface area contributed by atoms with Gasteiger partial charge in [0.1, 0.15) is 9.84 Å². The Morgan fingerprint density at radius 2 is 1.88 bits per heavy atom. The normalized spacial score (nSPS) is 18.1. The highest BCUT2D eigenvalue weighted by Crippen LogP contribution is 2.39. The van der Waals surface area contributed by atoms with E-state index in [1.807, 2.05) is 13.8 Å². The second kappa shape index (κ2) is 10.8. The molecule has 0 aromatic heterocycles. The third-order valence-electron chi connectivity index (χ3n) is 4.75. The van der Waals surface area contributed by atoms with Crippen LogP contribution >= 0.6 is 24.0 Å². The van der Waals surface area contributed by atoms with Crippen molar-refractivity contribution < 1.29 is 8.42 Å². The summed E-state index contributed by atoms with van der Waals surface area (Å²) in [6.07, 6.45) is 7.20. The second-order valence-corrected chi connectivity index (χ2v) is 9.89. The molecular weight excluding hydrogens is 437 g/mol. The average molecular weight is 473 g/mol. The Bertz CT molecular complexity index is 486. The van der Waals surface area contributed by atoms with Crippen LogP contribution in [0.15, 0.2) is 4.99 Å². The van der Waals surface area contributed by atoms with Crippen LogP contribution in [0.25, 0.3) is 0 Å². The largest absolute Gasteiger partial charge is 0.357 e. The molecule has 2 N–H and O–H groups in total. The molecule has 1 aliphatic carbocycles. The van der Waals surface area contributed by atoms with E-state index >= 15 is 0 Å². The molecule has 5 nitrogen and oxygen atoms in total. The Balaban J connectivity index is 0.00000529. The van der Waals surface area contributed by atoms with Crippen LogP contribution < -0.4 is 10.6 Å². The van der Waals surface area contributed by atoms with Crippen molar-refractivity contribution in [3.05, 3.63) is 0 Å². The number of sulfone groups is 1. The van der Waals surface area contributed by atoms with Gasteiger partial charge in [0.05, 0.1) is 5.75 Å². The lowest BCUT2D eigenvalue weighted by molar-refractivity contribution is 0.227. The van der Waals surface area contributed by atoms with Crippen LogP contribution in [0, 0.1) is 11.3 Å². The lowest BCUT2D eigenvalue weighted by Gasteiger charge is -2.30. The van der Waals surface area contributed by atoms with Crippen molar-refractivity contribution in [2.24, 2.45) is 16.3 Å². The molecule has 0 radical (unpaired) electrons. The van der Waals surface area contributed by atoms with Crippen LogP contribution in [0.4, 0.5) is 0 Å². The number of aliphatic imine (C=N–C) groups is 1. The van der Waals surface area contributed by atoms with Gasteiger partial charge in [-0.25, -0.2) is 8.42 Å². The van der Waals surface area contributed by atoms with Crippen LogP contribution in [-0.2, 0) is 9.84 Å².